The van der Waals surface area contributed by atoms with Gasteiger partial charge in [0.05, 0.1) is 17.5 Å². The minimum Gasteiger partial charge on any atom is -0.344 e. The largest absolute Gasteiger partial charge is 0.344 e. The van der Waals surface area contributed by atoms with Gasteiger partial charge in [-0.3, -0.25) is 4.79 Å². The van der Waals surface area contributed by atoms with Gasteiger partial charge in [0.1, 0.15) is 0 Å². The van der Waals surface area contributed by atoms with Gasteiger partial charge < -0.3 is 5.32 Å². The summed E-state index contributed by atoms with van der Waals surface area (Å²) in [5, 5.41) is 3.43. The van der Waals surface area contributed by atoms with Crippen molar-refractivity contribution in [3.05, 3.63) is 101 Å². The van der Waals surface area contributed by atoms with E-state index in [0.717, 1.165) is 21.0 Å². The number of likely N-dealkylation sites (N-methyl/N-ethyl adjacent to an activating group) is 1. The maximum Gasteiger partial charge on any atom is 0.243 e. The van der Waals surface area contributed by atoms with Crippen LogP contribution >= 0.6 is 11.6 Å². The van der Waals surface area contributed by atoms with E-state index < -0.39 is 15.9 Å². The van der Waals surface area contributed by atoms with Gasteiger partial charge in [0, 0.05) is 12.1 Å². The van der Waals surface area contributed by atoms with Crippen molar-refractivity contribution in [3.8, 4) is 0 Å². The second kappa shape index (κ2) is 9.43. The van der Waals surface area contributed by atoms with Crippen molar-refractivity contribution >= 4 is 27.5 Å². The Hall–Kier alpha value is -2.67. The van der Waals surface area contributed by atoms with E-state index in [1.165, 1.54) is 31.3 Å². The number of amides is 1. The summed E-state index contributed by atoms with van der Waals surface area (Å²) in [6.45, 7) is 1.68. The van der Waals surface area contributed by atoms with Gasteiger partial charge in [0.15, 0.2) is 0 Å². The molecule has 0 aliphatic rings. The molecule has 30 heavy (non-hydrogen) atoms. The number of hydrogen-bond donors (Lipinski definition) is 1. The van der Waals surface area contributed by atoms with Crippen LogP contribution in [0.1, 0.15) is 22.7 Å². The number of nitrogens with one attached hydrogen (secondary N) is 1. The highest BCUT2D eigenvalue weighted by atomic mass is 35.5. The quantitative estimate of drug-likeness (QED) is 0.597. The fraction of sp³-hybridized carbons (Fsp3) is 0.174. The molecule has 7 heteroatoms. The number of sulfonamides is 1. The summed E-state index contributed by atoms with van der Waals surface area (Å²) in [7, 11) is -2.43. The minimum atomic E-state index is -3.81. The summed E-state index contributed by atoms with van der Waals surface area (Å²) in [6, 6.07) is 22.9. The van der Waals surface area contributed by atoms with Crippen molar-refractivity contribution in [1.82, 2.24) is 9.62 Å². The van der Waals surface area contributed by atoms with E-state index in [1.807, 2.05) is 61.5 Å². The van der Waals surface area contributed by atoms with E-state index >= 15 is 0 Å². The lowest BCUT2D eigenvalue weighted by Crippen LogP contribution is -2.40. The number of halogens is 1. The Morgan fingerprint density at radius 1 is 0.967 bits per heavy atom. The number of hydrogen-bond acceptors (Lipinski definition) is 3. The molecule has 0 unspecified atom stereocenters. The van der Waals surface area contributed by atoms with E-state index in [4.69, 9.17) is 11.6 Å². The molecule has 0 aliphatic heterocycles. The van der Waals surface area contributed by atoms with Gasteiger partial charge in [0.25, 0.3) is 0 Å². The zero-order valence-corrected chi connectivity index (χ0v) is 18.3. The molecule has 0 spiro atoms. The van der Waals surface area contributed by atoms with Crippen LogP contribution in [-0.2, 0) is 14.8 Å². The lowest BCUT2D eigenvalue weighted by Gasteiger charge is -2.23. The van der Waals surface area contributed by atoms with E-state index in [0.29, 0.717) is 5.02 Å². The molecule has 156 valence electrons. The highest BCUT2D eigenvalue weighted by molar-refractivity contribution is 7.89. The summed E-state index contributed by atoms with van der Waals surface area (Å²) in [5.41, 5.74) is 2.91. The summed E-state index contributed by atoms with van der Waals surface area (Å²) in [4.78, 5) is 12.9. The fourth-order valence-electron chi connectivity index (χ4n) is 3.18. The van der Waals surface area contributed by atoms with Crippen LogP contribution in [0, 0.1) is 6.92 Å². The van der Waals surface area contributed by atoms with Crippen LogP contribution < -0.4 is 5.32 Å². The molecule has 0 radical (unpaired) electrons. The molecule has 0 saturated heterocycles. The highest BCUT2D eigenvalue weighted by Gasteiger charge is 2.25. The lowest BCUT2D eigenvalue weighted by atomic mass is 9.95. The van der Waals surface area contributed by atoms with E-state index in [1.54, 1.807) is 0 Å². The van der Waals surface area contributed by atoms with Crippen molar-refractivity contribution in [3.63, 3.8) is 0 Å². The van der Waals surface area contributed by atoms with Gasteiger partial charge in [-0.2, -0.15) is 4.31 Å². The van der Waals surface area contributed by atoms with Crippen LogP contribution in [-0.4, -0.2) is 32.2 Å². The first-order chi connectivity index (χ1) is 14.3. The van der Waals surface area contributed by atoms with Crippen LogP contribution in [0.25, 0.3) is 0 Å². The molecule has 0 aromatic heterocycles. The van der Waals surface area contributed by atoms with Gasteiger partial charge in [-0.1, -0.05) is 66.2 Å². The van der Waals surface area contributed by atoms with E-state index in [9.17, 15) is 13.2 Å². The third kappa shape index (κ3) is 5.08. The molecule has 0 aliphatic carbocycles. The average Bonchev–Trinajstić information content (AvgIpc) is 2.73. The molecular formula is C23H23ClN2O3S. The van der Waals surface area contributed by atoms with Crippen LogP contribution in [0.2, 0.25) is 5.02 Å². The summed E-state index contributed by atoms with van der Waals surface area (Å²) in [5.74, 6) is -0.396. The van der Waals surface area contributed by atoms with E-state index in [-0.39, 0.29) is 17.5 Å². The monoisotopic (exact) mass is 442 g/mol. The molecule has 0 heterocycles. The molecule has 5 nitrogen and oxygen atoms in total. The van der Waals surface area contributed by atoms with Gasteiger partial charge in [-0.25, -0.2) is 8.42 Å². The molecule has 0 bridgehead atoms. The smallest absolute Gasteiger partial charge is 0.243 e. The topological polar surface area (TPSA) is 66.5 Å². The van der Waals surface area contributed by atoms with Crippen LogP contribution in [0.4, 0.5) is 0 Å². The molecule has 3 rings (SSSR count). The third-order valence-corrected chi connectivity index (χ3v) is 6.90. The SMILES string of the molecule is Cc1ccccc1[C@@H](NC(=O)CN(C)S(=O)(=O)c1ccc(Cl)cc1)c1ccccc1. The predicted molar refractivity (Wildman–Crippen MR) is 119 cm³/mol. The van der Waals surface area contributed by atoms with Crippen LogP contribution in [0.5, 0.6) is 0 Å². The summed E-state index contributed by atoms with van der Waals surface area (Å²) >= 11 is 5.84. The van der Waals surface area contributed by atoms with Crippen molar-refractivity contribution in [2.45, 2.75) is 17.9 Å². The molecule has 0 fully saturated rings. The zero-order valence-electron chi connectivity index (χ0n) is 16.7. The molecule has 3 aromatic rings. The second-order valence-electron chi connectivity index (χ2n) is 6.98. The molecule has 3 aromatic carbocycles. The Labute approximate surface area is 182 Å². The first-order valence-corrected chi connectivity index (χ1v) is 11.2. The second-order valence-corrected chi connectivity index (χ2v) is 9.46. The van der Waals surface area contributed by atoms with Crippen LogP contribution in [0.3, 0.4) is 0 Å². The Morgan fingerprint density at radius 2 is 1.57 bits per heavy atom. The maximum atomic E-state index is 12.8. The zero-order chi connectivity index (χ0) is 21.7. The van der Waals surface area contributed by atoms with Gasteiger partial charge >= 0.3 is 0 Å². The molecule has 1 atom stereocenters. The number of rotatable bonds is 7. The fourth-order valence-corrected chi connectivity index (χ4v) is 4.43. The number of carbonyl (C=O) groups excluding carboxylic acids is 1. The number of benzene rings is 3. The molecule has 0 saturated carbocycles. The van der Waals surface area contributed by atoms with E-state index in [2.05, 4.69) is 5.32 Å². The Balaban J connectivity index is 1.81. The van der Waals surface area contributed by atoms with Gasteiger partial charge in [0.2, 0.25) is 15.9 Å². The number of nitrogens with zero attached hydrogens (tertiary/aromatic N) is 1. The first-order valence-electron chi connectivity index (χ1n) is 9.41. The Kier molecular flexibility index (Phi) is 6.92. The molecule has 1 amide bonds. The normalized spacial score (nSPS) is 12.5. The average molecular weight is 443 g/mol. The molecular weight excluding hydrogens is 420 g/mol. The van der Waals surface area contributed by atoms with Crippen molar-refractivity contribution in [2.24, 2.45) is 0 Å². The van der Waals surface area contributed by atoms with Gasteiger partial charge in [-0.05, 0) is 47.9 Å². The van der Waals surface area contributed by atoms with Gasteiger partial charge in [-0.15, -0.1) is 0 Å². The summed E-state index contributed by atoms with van der Waals surface area (Å²) in [6.07, 6.45) is 0. The summed E-state index contributed by atoms with van der Waals surface area (Å²) < 4.78 is 26.6. The minimum absolute atomic E-state index is 0.0840. The Bertz CT molecular complexity index is 1120. The standard InChI is InChI=1S/C23H23ClN2O3S/c1-17-8-6-7-11-21(17)23(18-9-4-3-5-10-18)25-22(27)16-26(2)30(28,29)20-14-12-19(24)13-15-20/h3-15,23H,16H2,1-2H3,(H,25,27)/t23-/m0/s1. The molecule has 1 N–H and O–H groups in total. The predicted octanol–water partition coefficient (Wildman–Crippen LogP) is 4.17. The lowest BCUT2D eigenvalue weighted by molar-refractivity contribution is -0.121. The maximum absolute atomic E-state index is 12.8. The number of aryl methyl sites for hydroxylation is 1. The Morgan fingerprint density at radius 3 is 2.20 bits per heavy atom. The first kappa shape index (κ1) is 22.0. The number of carbonyl (C=O) groups is 1. The van der Waals surface area contributed by atoms with Crippen molar-refractivity contribution in [1.29, 1.82) is 0 Å². The van der Waals surface area contributed by atoms with Crippen LogP contribution in [0.15, 0.2) is 83.8 Å². The van der Waals surface area contributed by atoms with Crippen molar-refractivity contribution in [2.75, 3.05) is 13.6 Å². The third-order valence-electron chi connectivity index (χ3n) is 4.83. The highest BCUT2D eigenvalue weighted by Crippen LogP contribution is 2.25. The van der Waals surface area contributed by atoms with Crippen molar-refractivity contribution < 1.29 is 13.2 Å².